The number of rotatable bonds is 5. The van der Waals surface area contributed by atoms with Gasteiger partial charge in [-0.25, -0.2) is 4.79 Å². The zero-order chi connectivity index (χ0) is 16.8. The topological polar surface area (TPSA) is 75.6 Å². The number of benzene rings is 2. The second-order valence-corrected chi connectivity index (χ2v) is 5.24. The summed E-state index contributed by atoms with van der Waals surface area (Å²) in [5, 5.41) is 13.0. The number of ether oxygens (including phenoxy) is 1. The summed E-state index contributed by atoms with van der Waals surface area (Å²) in [5.41, 5.74) is 1.45. The van der Waals surface area contributed by atoms with Crippen molar-refractivity contribution >= 4 is 23.5 Å². The van der Waals surface area contributed by atoms with Crippen LogP contribution in [0.4, 0.5) is 0 Å². The predicted octanol–water partition coefficient (Wildman–Crippen LogP) is 2.48. The van der Waals surface area contributed by atoms with Crippen molar-refractivity contribution in [3.8, 4) is 0 Å². The van der Waals surface area contributed by atoms with Crippen molar-refractivity contribution in [1.29, 1.82) is 0 Å². The number of amides is 1. The van der Waals surface area contributed by atoms with E-state index in [4.69, 9.17) is 11.6 Å². The number of nitrogens with one attached hydrogen (secondary N) is 1. The van der Waals surface area contributed by atoms with Crippen molar-refractivity contribution in [1.82, 2.24) is 5.32 Å². The van der Waals surface area contributed by atoms with Gasteiger partial charge in [-0.15, -0.1) is 0 Å². The Bertz CT molecular complexity index is 717. The van der Waals surface area contributed by atoms with Gasteiger partial charge < -0.3 is 15.2 Å². The molecule has 23 heavy (non-hydrogen) atoms. The Labute approximate surface area is 138 Å². The average molecular weight is 334 g/mol. The van der Waals surface area contributed by atoms with E-state index in [2.05, 4.69) is 10.1 Å². The molecule has 0 bridgehead atoms. The van der Waals surface area contributed by atoms with Gasteiger partial charge in [-0.3, -0.25) is 4.79 Å². The lowest BCUT2D eigenvalue weighted by Gasteiger charge is -2.13. The van der Waals surface area contributed by atoms with Gasteiger partial charge in [-0.05, 0) is 23.8 Å². The molecule has 0 aromatic heterocycles. The Kier molecular flexibility index (Phi) is 5.73. The van der Waals surface area contributed by atoms with Crippen molar-refractivity contribution in [3.63, 3.8) is 0 Å². The van der Waals surface area contributed by atoms with Crippen LogP contribution in [0, 0.1) is 0 Å². The molecule has 0 spiro atoms. The number of halogens is 1. The number of aliphatic hydroxyl groups excluding tert-OH is 1. The molecule has 0 unspecified atom stereocenters. The van der Waals surface area contributed by atoms with Gasteiger partial charge in [0.05, 0.1) is 12.7 Å². The zero-order valence-electron chi connectivity index (χ0n) is 12.5. The summed E-state index contributed by atoms with van der Waals surface area (Å²) in [6.45, 7) is 0.172. The normalized spacial score (nSPS) is 11.6. The minimum atomic E-state index is -1.35. The highest BCUT2D eigenvalue weighted by molar-refractivity contribution is 6.31. The monoisotopic (exact) mass is 333 g/mol. The fraction of sp³-hybridized carbons (Fsp3) is 0.176. The van der Waals surface area contributed by atoms with Crippen LogP contribution in [-0.2, 0) is 16.1 Å². The van der Waals surface area contributed by atoms with Gasteiger partial charge in [0.1, 0.15) is 0 Å². The molecule has 2 aromatic carbocycles. The predicted molar refractivity (Wildman–Crippen MR) is 86.0 cm³/mol. The highest BCUT2D eigenvalue weighted by Gasteiger charge is 2.19. The molecule has 1 atom stereocenters. The van der Waals surface area contributed by atoms with Crippen LogP contribution in [0.15, 0.2) is 48.5 Å². The lowest BCUT2D eigenvalue weighted by Crippen LogP contribution is -2.29. The van der Waals surface area contributed by atoms with Crippen LogP contribution < -0.4 is 5.32 Å². The molecular weight excluding hydrogens is 318 g/mol. The molecule has 2 aromatic rings. The highest BCUT2D eigenvalue weighted by atomic mass is 35.5. The van der Waals surface area contributed by atoms with E-state index in [1.165, 1.54) is 7.11 Å². The minimum absolute atomic E-state index is 0.172. The number of carbonyl (C=O) groups excluding carboxylic acids is 2. The Morgan fingerprint density at radius 2 is 1.96 bits per heavy atom. The fourth-order valence-electron chi connectivity index (χ4n) is 2.05. The smallest absolute Gasteiger partial charge is 0.337 e. The van der Waals surface area contributed by atoms with E-state index in [1.54, 1.807) is 48.5 Å². The molecule has 120 valence electrons. The molecule has 0 radical (unpaired) electrons. The van der Waals surface area contributed by atoms with E-state index in [0.29, 0.717) is 21.7 Å². The van der Waals surface area contributed by atoms with Crippen LogP contribution in [0.2, 0.25) is 5.02 Å². The lowest BCUT2D eigenvalue weighted by atomic mass is 10.1. The minimum Gasteiger partial charge on any atom is -0.465 e. The molecule has 2 N–H and O–H groups in total. The Morgan fingerprint density at radius 1 is 1.22 bits per heavy atom. The first-order valence-electron chi connectivity index (χ1n) is 6.90. The molecule has 6 heteroatoms. The molecule has 0 saturated heterocycles. The summed E-state index contributed by atoms with van der Waals surface area (Å²) >= 11 is 5.96. The van der Waals surface area contributed by atoms with E-state index in [-0.39, 0.29) is 6.54 Å². The summed E-state index contributed by atoms with van der Waals surface area (Å²) < 4.78 is 4.65. The van der Waals surface area contributed by atoms with Crippen LogP contribution in [0.3, 0.4) is 0 Å². The first-order valence-corrected chi connectivity index (χ1v) is 7.28. The molecule has 0 saturated carbocycles. The van der Waals surface area contributed by atoms with Gasteiger partial charge in [0, 0.05) is 17.1 Å². The number of hydrogen-bond acceptors (Lipinski definition) is 4. The third-order valence-electron chi connectivity index (χ3n) is 3.26. The fourth-order valence-corrected chi connectivity index (χ4v) is 2.29. The molecule has 2 rings (SSSR count). The van der Waals surface area contributed by atoms with Crippen LogP contribution in [0.25, 0.3) is 0 Å². The van der Waals surface area contributed by atoms with Gasteiger partial charge >= 0.3 is 5.97 Å². The van der Waals surface area contributed by atoms with Gasteiger partial charge in [-0.2, -0.15) is 0 Å². The molecule has 0 heterocycles. The van der Waals surface area contributed by atoms with Crippen LogP contribution >= 0.6 is 11.6 Å². The third kappa shape index (κ3) is 4.31. The summed E-state index contributed by atoms with van der Waals surface area (Å²) in [5.74, 6) is -1.02. The quantitative estimate of drug-likeness (QED) is 0.824. The van der Waals surface area contributed by atoms with E-state index >= 15 is 0 Å². The first kappa shape index (κ1) is 17.0. The van der Waals surface area contributed by atoms with E-state index in [1.807, 2.05) is 0 Å². The van der Waals surface area contributed by atoms with Gasteiger partial charge in [0.15, 0.2) is 6.10 Å². The number of hydrogen-bond donors (Lipinski definition) is 2. The Morgan fingerprint density at radius 3 is 2.65 bits per heavy atom. The van der Waals surface area contributed by atoms with Gasteiger partial charge in [-0.1, -0.05) is 41.9 Å². The summed E-state index contributed by atoms with van der Waals surface area (Å²) in [4.78, 5) is 23.5. The van der Waals surface area contributed by atoms with Gasteiger partial charge in [0.25, 0.3) is 5.91 Å². The summed E-state index contributed by atoms with van der Waals surface area (Å²) in [6.07, 6.45) is -1.35. The zero-order valence-corrected chi connectivity index (χ0v) is 13.2. The number of esters is 1. The van der Waals surface area contributed by atoms with E-state index in [9.17, 15) is 14.7 Å². The van der Waals surface area contributed by atoms with Crippen LogP contribution in [0.5, 0.6) is 0 Å². The molecule has 0 aliphatic carbocycles. The molecule has 0 fully saturated rings. The van der Waals surface area contributed by atoms with Crippen molar-refractivity contribution in [2.75, 3.05) is 7.11 Å². The number of aliphatic hydroxyl groups is 1. The molecule has 0 aliphatic heterocycles. The standard InChI is InChI=1S/C17H16ClNO4/c1-23-17(22)12-6-4-5-11(9-12)10-19-16(21)15(20)13-7-2-3-8-14(13)18/h2-9,15,20H,10H2,1H3,(H,19,21)/t15-/m1/s1. The summed E-state index contributed by atoms with van der Waals surface area (Å²) in [6, 6.07) is 13.3. The van der Waals surface area contributed by atoms with Crippen molar-refractivity contribution in [2.45, 2.75) is 12.6 Å². The Hall–Kier alpha value is -2.37. The molecule has 5 nitrogen and oxygen atoms in total. The maximum Gasteiger partial charge on any atom is 0.337 e. The highest BCUT2D eigenvalue weighted by Crippen LogP contribution is 2.22. The number of methoxy groups -OCH3 is 1. The summed E-state index contributed by atoms with van der Waals surface area (Å²) in [7, 11) is 1.30. The largest absolute Gasteiger partial charge is 0.465 e. The van der Waals surface area contributed by atoms with Crippen molar-refractivity contribution in [2.24, 2.45) is 0 Å². The maximum atomic E-state index is 12.0. The maximum absolute atomic E-state index is 12.0. The van der Waals surface area contributed by atoms with Crippen LogP contribution in [0.1, 0.15) is 27.6 Å². The van der Waals surface area contributed by atoms with Crippen molar-refractivity contribution in [3.05, 3.63) is 70.2 Å². The van der Waals surface area contributed by atoms with E-state index < -0.39 is 18.0 Å². The van der Waals surface area contributed by atoms with Gasteiger partial charge in [0.2, 0.25) is 0 Å². The third-order valence-corrected chi connectivity index (χ3v) is 3.61. The number of carbonyl (C=O) groups is 2. The SMILES string of the molecule is COC(=O)c1cccc(CNC(=O)[C@H](O)c2ccccc2Cl)c1. The molecule has 0 aliphatic rings. The Balaban J connectivity index is 2.02. The second kappa shape index (κ2) is 7.76. The molecule has 1 amide bonds. The van der Waals surface area contributed by atoms with Crippen molar-refractivity contribution < 1.29 is 19.4 Å². The average Bonchev–Trinajstić information content (AvgIpc) is 2.59. The van der Waals surface area contributed by atoms with E-state index in [0.717, 1.165) is 0 Å². The second-order valence-electron chi connectivity index (χ2n) is 4.83. The first-order chi connectivity index (χ1) is 11.0. The molecular formula is C17H16ClNO4. The lowest BCUT2D eigenvalue weighted by molar-refractivity contribution is -0.129. The van der Waals surface area contributed by atoms with Crippen LogP contribution in [-0.4, -0.2) is 24.1 Å².